The van der Waals surface area contributed by atoms with Crippen LogP contribution in [-0.4, -0.2) is 49.3 Å². The van der Waals surface area contributed by atoms with Crippen molar-refractivity contribution in [1.82, 2.24) is 9.97 Å². The van der Waals surface area contributed by atoms with E-state index in [1.807, 2.05) is 12.1 Å². The second kappa shape index (κ2) is 7.67. The fourth-order valence-electron chi connectivity index (χ4n) is 5.41. The van der Waals surface area contributed by atoms with Crippen molar-refractivity contribution >= 4 is 33.9 Å². The zero-order valence-electron chi connectivity index (χ0n) is 18.1. The highest BCUT2D eigenvalue weighted by Gasteiger charge is 2.56. The number of piperidine rings is 1. The molecule has 6 nitrogen and oxygen atoms in total. The Hall–Kier alpha value is -1.70. The van der Waals surface area contributed by atoms with E-state index in [-0.39, 0.29) is 16.9 Å². The highest BCUT2D eigenvalue weighted by molar-refractivity contribution is 7.87. The quantitative estimate of drug-likeness (QED) is 0.683. The van der Waals surface area contributed by atoms with Crippen molar-refractivity contribution in [2.24, 2.45) is 0 Å². The van der Waals surface area contributed by atoms with E-state index < -0.39 is 10.8 Å². The summed E-state index contributed by atoms with van der Waals surface area (Å²) >= 11 is 6.04. The number of aliphatic hydroxyl groups excluding tert-OH is 1. The molecule has 4 aliphatic rings. The lowest BCUT2D eigenvalue weighted by Crippen LogP contribution is -2.48. The van der Waals surface area contributed by atoms with Crippen LogP contribution in [0.4, 0.5) is 11.5 Å². The van der Waals surface area contributed by atoms with Crippen LogP contribution in [0.5, 0.6) is 0 Å². The Bertz CT molecular complexity index is 1050. The van der Waals surface area contributed by atoms with Gasteiger partial charge in [-0.3, -0.25) is 4.21 Å². The maximum Gasteiger partial charge on any atom is 0.146 e. The zero-order chi connectivity index (χ0) is 21.9. The van der Waals surface area contributed by atoms with Crippen molar-refractivity contribution in [2.45, 2.75) is 72.5 Å². The molecular weight excluding hydrogens is 444 g/mol. The molecule has 0 amide bonds. The van der Waals surface area contributed by atoms with E-state index in [2.05, 4.69) is 22.3 Å². The van der Waals surface area contributed by atoms with Gasteiger partial charge in [0.15, 0.2) is 0 Å². The summed E-state index contributed by atoms with van der Waals surface area (Å²) in [5, 5.41) is 14.3. The summed E-state index contributed by atoms with van der Waals surface area (Å²) in [6, 6.07) is 8.04. The zero-order valence-corrected chi connectivity index (χ0v) is 19.7. The van der Waals surface area contributed by atoms with E-state index in [1.165, 1.54) is 5.69 Å². The number of anilines is 2. The van der Waals surface area contributed by atoms with E-state index in [1.54, 1.807) is 0 Å². The molecule has 6 rings (SSSR count). The Balaban J connectivity index is 1.27. The molecule has 1 atom stereocenters. The van der Waals surface area contributed by atoms with E-state index in [0.29, 0.717) is 5.92 Å². The highest BCUT2D eigenvalue weighted by Crippen LogP contribution is 2.54. The van der Waals surface area contributed by atoms with Gasteiger partial charge in [-0.25, -0.2) is 9.97 Å². The van der Waals surface area contributed by atoms with Crippen LogP contribution in [0.2, 0.25) is 5.02 Å². The Labute approximate surface area is 196 Å². The maximum absolute atomic E-state index is 13.3. The fourth-order valence-corrected chi connectivity index (χ4v) is 7.32. The fraction of sp³-hybridized carbons (Fsp3) is 0.583. The highest BCUT2D eigenvalue weighted by atomic mass is 35.5. The minimum atomic E-state index is -1.06. The van der Waals surface area contributed by atoms with Gasteiger partial charge in [0.1, 0.15) is 16.5 Å². The Kier molecular flexibility index (Phi) is 5.01. The topological polar surface area (TPSA) is 78.4 Å². The molecule has 2 N–H and O–H groups in total. The molecule has 0 radical (unpaired) electrons. The van der Waals surface area contributed by atoms with Gasteiger partial charge in [0.05, 0.1) is 33.4 Å². The monoisotopic (exact) mass is 472 g/mol. The van der Waals surface area contributed by atoms with E-state index >= 15 is 0 Å². The van der Waals surface area contributed by atoms with E-state index in [9.17, 15) is 9.32 Å². The smallest absolute Gasteiger partial charge is 0.146 e. The van der Waals surface area contributed by atoms with Gasteiger partial charge in [-0.2, -0.15) is 0 Å². The third-order valence-corrected chi connectivity index (χ3v) is 10.3. The van der Waals surface area contributed by atoms with Gasteiger partial charge in [-0.1, -0.05) is 11.6 Å². The third kappa shape index (κ3) is 3.44. The van der Waals surface area contributed by atoms with Gasteiger partial charge >= 0.3 is 0 Å². The molecular formula is C24H29ClN4O2S. The molecule has 0 unspecified atom stereocenters. The summed E-state index contributed by atoms with van der Waals surface area (Å²) in [6.45, 7) is 1.98. The lowest BCUT2D eigenvalue weighted by Gasteiger charge is -2.41. The van der Waals surface area contributed by atoms with Crippen LogP contribution in [0.15, 0.2) is 29.2 Å². The van der Waals surface area contributed by atoms with Crippen molar-refractivity contribution < 1.29 is 9.32 Å². The Morgan fingerprint density at radius 1 is 1.12 bits per heavy atom. The molecule has 3 heterocycles. The summed E-state index contributed by atoms with van der Waals surface area (Å²) in [5.41, 5.74) is 1.85. The van der Waals surface area contributed by atoms with Crippen molar-refractivity contribution in [3.05, 3.63) is 40.8 Å². The number of aliphatic hydroxyl groups is 1. The molecule has 2 aliphatic carbocycles. The summed E-state index contributed by atoms with van der Waals surface area (Å²) in [4.78, 5) is 13.2. The van der Waals surface area contributed by atoms with Gasteiger partial charge in [-0.15, -0.1) is 0 Å². The third-order valence-electron chi connectivity index (χ3n) is 7.88. The molecule has 2 saturated carbocycles. The van der Waals surface area contributed by atoms with Crippen molar-refractivity contribution in [2.75, 3.05) is 29.9 Å². The average Bonchev–Trinajstić information content (AvgIpc) is 3.51. The molecule has 8 heteroatoms. The first-order chi connectivity index (χ1) is 15.5. The number of nitrogens with zero attached hydrogens (tertiary/aromatic N) is 3. The molecule has 2 aromatic rings. The molecule has 1 aromatic heterocycles. The summed E-state index contributed by atoms with van der Waals surface area (Å²) < 4.78 is 13.2. The number of halogens is 1. The predicted octanol–water partition coefficient (Wildman–Crippen LogP) is 4.04. The standard InChI is InChI=1S/C24H29ClN4O2S/c25-17-2-4-18(5-3-17)29-12-6-16(7-13-29)21-26-19-14-24(10-11-24)32(31)20(19)22(27-21)28-23(15-30)8-1-9-23/h2-5,16,30H,1,6-15H2,(H,26,27,28)/t32-/m0/s1. The minimum Gasteiger partial charge on any atom is -0.394 e. The molecule has 170 valence electrons. The summed E-state index contributed by atoms with van der Waals surface area (Å²) in [5.74, 6) is 1.89. The van der Waals surface area contributed by atoms with Crippen LogP contribution < -0.4 is 10.2 Å². The molecule has 0 bridgehead atoms. The first-order valence-electron chi connectivity index (χ1n) is 11.7. The Morgan fingerprint density at radius 3 is 2.44 bits per heavy atom. The average molecular weight is 473 g/mol. The molecule has 32 heavy (non-hydrogen) atoms. The number of nitrogens with one attached hydrogen (secondary N) is 1. The van der Waals surface area contributed by atoms with E-state index in [4.69, 9.17) is 21.6 Å². The summed E-state index contributed by atoms with van der Waals surface area (Å²) in [7, 11) is -1.06. The minimum absolute atomic E-state index is 0.0817. The number of aromatic nitrogens is 2. The van der Waals surface area contributed by atoms with Crippen LogP contribution in [0.3, 0.4) is 0 Å². The number of rotatable bonds is 5. The van der Waals surface area contributed by atoms with Crippen LogP contribution in [-0.2, 0) is 17.2 Å². The largest absolute Gasteiger partial charge is 0.394 e. The number of hydrogen-bond donors (Lipinski definition) is 2. The van der Waals surface area contributed by atoms with Crippen LogP contribution in [0.25, 0.3) is 0 Å². The maximum atomic E-state index is 13.3. The van der Waals surface area contributed by atoms with E-state index in [0.717, 1.165) is 91.7 Å². The van der Waals surface area contributed by atoms with Gasteiger partial charge in [0.25, 0.3) is 0 Å². The number of benzene rings is 1. The van der Waals surface area contributed by atoms with Gasteiger partial charge in [0.2, 0.25) is 0 Å². The lowest BCUT2D eigenvalue weighted by atomic mass is 9.77. The second-order valence-corrected chi connectivity index (χ2v) is 12.2. The van der Waals surface area contributed by atoms with Crippen molar-refractivity contribution in [1.29, 1.82) is 0 Å². The normalized spacial score (nSPS) is 25.4. The Morgan fingerprint density at radius 2 is 1.84 bits per heavy atom. The first-order valence-corrected chi connectivity index (χ1v) is 13.3. The lowest BCUT2D eigenvalue weighted by molar-refractivity contribution is 0.143. The molecule has 3 fully saturated rings. The van der Waals surface area contributed by atoms with Crippen LogP contribution in [0.1, 0.15) is 62.4 Å². The van der Waals surface area contributed by atoms with Crippen LogP contribution in [0, 0.1) is 0 Å². The first kappa shape index (κ1) is 20.9. The van der Waals surface area contributed by atoms with Gasteiger partial charge < -0.3 is 15.3 Å². The second-order valence-electron chi connectivity index (χ2n) is 9.99. The van der Waals surface area contributed by atoms with Crippen molar-refractivity contribution in [3.63, 3.8) is 0 Å². The summed E-state index contributed by atoms with van der Waals surface area (Å²) in [6.07, 6.45) is 7.74. The van der Waals surface area contributed by atoms with Gasteiger partial charge in [-0.05, 0) is 69.2 Å². The van der Waals surface area contributed by atoms with Crippen LogP contribution >= 0.6 is 11.6 Å². The molecule has 1 spiro atoms. The van der Waals surface area contributed by atoms with Crippen molar-refractivity contribution in [3.8, 4) is 0 Å². The molecule has 1 saturated heterocycles. The molecule has 1 aromatic carbocycles. The van der Waals surface area contributed by atoms with Gasteiger partial charge in [0, 0.05) is 36.1 Å². The SMILES string of the molecule is O=[S@]1c2c(nc(C3CCN(c4ccc(Cl)cc4)CC3)nc2NC2(CO)CCC2)CC12CC2. The molecule has 2 aliphatic heterocycles. The number of hydrogen-bond acceptors (Lipinski definition) is 6. The number of fused-ring (bicyclic) bond motifs is 1. The predicted molar refractivity (Wildman–Crippen MR) is 127 cm³/mol.